The van der Waals surface area contributed by atoms with Gasteiger partial charge in [-0.3, -0.25) is 4.90 Å². The molecule has 2 aliphatic rings. The molecule has 0 N–H and O–H groups in total. The van der Waals surface area contributed by atoms with Crippen molar-refractivity contribution in [3.8, 4) is 0 Å². The van der Waals surface area contributed by atoms with Crippen LogP contribution in [0.2, 0.25) is 0 Å². The lowest BCUT2D eigenvalue weighted by Gasteiger charge is -2.38. The van der Waals surface area contributed by atoms with Crippen LogP contribution in [0.15, 0.2) is 12.1 Å². The number of hydrogen-bond donors (Lipinski definition) is 0. The Hall–Kier alpha value is -1.67. The molecule has 0 amide bonds. The summed E-state index contributed by atoms with van der Waals surface area (Å²) in [4.78, 5) is 9.41. The van der Waals surface area contributed by atoms with Gasteiger partial charge in [-0.05, 0) is 63.8 Å². The number of rotatable bonds is 4. The van der Waals surface area contributed by atoms with Crippen LogP contribution in [-0.2, 0) is 6.18 Å². The molecule has 1 unspecified atom stereocenters. The second-order valence-corrected chi connectivity index (χ2v) is 8.62. The maximum atomic E-state index is 13.7. The van der Waals surface area contributed by atoms with Gasteiger partial charge < -0.3 is 4.90 Å². The van der Waals surface area contributed by atoms with Gasteiger partial charge in [0.25, 0.3) is 0 Å². The third-order valence-electron chi connectivity index (χ3n) is 6.46. The van der Waals surface area contributed by atoms with Gasteiger partial charge in [-0.2, -0.15) is 18.3 Å². The lowest BCUT2D eigenvalue weighted by atomic mass is 10.0. The first-order valence-corrected chi connectivity index (χ1v) is 10.7. The molecule has 8 heteroatoms. The standard InChI is InChI=1S/C21H30F3N5/c1-4-27-10-7-15(8-11-27)28-9-5-6-18(28)17-13-20-25-16(14(2)3)12-19(21(22,23)24)29(20)26-17/h12-15,18H,4-11H2,1-3H3. The number of piperidine rings is 1. The molecule has 2 fully saturated rings. The molecule has 0 aliphatic carbocycles. The van der Waals surface area contributed by atoms with Gasteiger partial charge in [0.15, 0.2) is 5.65 Å². The van der Waals surface area contributed by atoms with E-state index in [2.05, 4.69) is 26.8 Å². The number of likely N-dealkylation sites (tertiary alicyclic amines) is 2. The van der Waals surface area contributed by atoms with Crippen LogP contribution in [0.25, 0.3) is 5.65 Å². The molecule has 1 atom stereocenters. The highest BCUT2D eigenvalue weighted by Crippen LogP contribution is 2.37. The Bertz CT molecular complexity index is 852. The Morgan fingerprint density at radius 1 is 1.10 bits per heavy atom. The van der Waals surface area contributed by atoms with Gasteiger partial charge in [0, 0.05) is 17.8 Å². The normalized spacial score (nSPS) is 22.9. The molecule has 5 nitrogen and oxygen atoms in total. The first-order chi connectivity index (χ1) is 13.8. The number of aromatic nitrogens is 3. The molecule has 4 heterocycles. The largest absolute Gasteiger partial charge is 0.433 e. The molecule has 2 aliphatic heterocycles. The van der Waals surface area contributed by atoms with Crippen molar-refractivity contribution in [1.82, 2.24) is 24.4 Å². The second kappa shape index (κ2) is 7.87. The topological polar surface area (TPSA) is 36.7 Å². The third-order valence-corrected chi connectivity index (χ3v) is 6.46. The molecule has 2 saturated heterocycles. The molecule has 0 spiro atoms. The average molecular weight is 410 g/mol. The minimum Gasteiger partial charge on any atom is -0.303 e. The van der Waals surface area contributed by atoms with E-state index in [1.807, 2.05) is 13.8 Å². The maximum absolute atomic E-state index is 13.7. The summed E-state index contributed by atoms with van der Waals surface area (Å²) in [5.74, 6) is -0.0776. The van der Waals surface area contributed by atoms with E-state index in [0.29, 0.717) is 17.4 Å². The van der Waals surface area contributed by atoms with Crippen LogP contribution in [0, 0.1) is 0 Å². The number of alkyl halides is 3. The molecule has 0 aromatic carbocycles. The zero-order valence-electron chi connectivity index (χ0n) is 17.4. The highest BCUT2D eigenvalue weighted by Gasteiger charge is 2.38. The van der Waals surface area contributed by atoms with E-state index in [0.717, 1.165) is 68.1 Å². The summed E-state index contributed by atoms with van der Waals surface area (Å²) in [5, 5.41) is 4.42. The first-order valence-electron chi connectivity index (χ1n) is 10.7. The molecule has 4 rings (SSSR count). The van der Waals surface area contributed by atoms with Crippen molar-refractivity contribution < 1.29 is 13.2 Å². The van der Waals surface area contributed by atoms with E-state index < -0.39 is 11.9 Å². The Balaban J connectivity index is 1.67. The first kappa shape index (κ1) is 20.6. The molecular formula is C21H30F3N5. The average Bonchev–Trinajstić information content (AvgIpc) is 3.32. The molecule has 29 heavy (non-hydrogen) atoms. The van der Waals surface area contributed by atoms with Gasteiger partial charge >= 0.3 is 6.18 Å². The van der Waals surface area contributed by atoms with Crippen LogP contribution < -0.4 is 0 Å². The fraction of sp³-hybridized carbons (Fsp3) is 0.714. The number of hydrogen-bond acceptors (Lipinski definition) is 4. The quantitative estimate of drug-likeness (QED) is 0.746. The maximum Gasteiger partial charge on any atom is 0.433 e. The van der Waals surface area contributed by atoms with Crippen molar-refractivity contribution in [1.29, 1.82) is 0 Å². The van der Waals surface area contributed by atoms with Crippen molar-refractivity contribution in [3.05, 3.63) is 29.2 Å². The second-order valence-electron chi connectivity index (χ2n) is 8.62. The molecule has 0 radical (unpaired) electrons. The monoisotopic (exact) mass is 409 g/mol. The number of nitrogens with zero attached hydrogens (tertiary/aromatic N) is 5. The van der Waals surface area contributed by atoms with E-state index in [4.69, 9.17) is 0 Å². The molecule has 0 saturated carbocycles. The van der Waals surface area contributed by atoms with Crippen LogP contribution in [-0.4, -0.2) is 56.6 Å². The van der Waals surface area contributed by atoms with E-state index in [1.165, 1.54) is 0 Å². The van der Waals surface area contributed by atoms with Crippen LogP contribution in [0.3, 0.4) is 0 Å². The smallest absolute Gasteiger partial charge is 0.303 e. The Morgan fingerprint density at radius 2 is 1.83 bits per heavy atom. The predicted octanol–water partition coefficient (Wildman–Crippen LogP) is 4.49. The predicted molar refractivity (Wildman–Crippen MR) is 106 cm³/mol. The van der Waals surface area contributed by atoms with Crippen molar-refractivity contribution >= 4 is 5.65 Å². The summed E-state index contributed by atoms with van der Waals surface area (Å²) >= 11 is 0. The SMILES string of the molecule is CCN1CCC(N2CCCC2c2cc3nc(C(C)C)cc(C(F)(F)F)n3n2)CC1. The Morgan fingerprint density at radius 3 is 2.45 bits per heavy atom. The molecular weight excluding hydrogens is 379 g/mol. The van der Waals surface area contributed by atoms with Crippen LogP contribution in [0.1, 0.15) is 75.5 Å². The van der Waals surface area contributed by atoms with E-state index in [9.17, 15) is 13.2 Å². The molecule has 0 bridgehead atoms. The van der Waals surface area contributed by atoms with Gasteiger partial charge in [0.05, 0.1) is 11.7 Å². The summed E-state index contributed by atoms with van der Waals surface area (Å²) in [6.07, 6.45) is -0.238. The summed E-state index contributed by atoms with van der Waals surface area (Å²) in [7, 11) is 0. The summed E-state index contributed by atoms with van der Waals surface area (Å²) in [6, 6.07) is 3.47. The van der Waals surface area contributed by atoms with Crippen LogP contribution in [0.4, 0.5) is 13.2 Å². The summed E-state index contributed by atoms with van der Waals surface area (Å²) < 4.78 is 42.0. The minimum atomic E-state index is -4.46. The van der Waals surface area contributed by atoms with E-state index in [1.54, 1.807) is 6.07 Å². The highest BCUT2D eigenvalue weighted by atomic mass is 19.4. The third kappa shape index (κ3) is 4.01. The molecule has 160 valence electrons. The lowest BCUT2D eigenvalue weighted by molar-refractivity contribution is -0.142. The van der Waals surface area contributed by atoms with Gasteiger partial charge in [0.1, 0.15) is 5.69 Å². The molecule has 2 aromatic rings. The Labute approximate surface area is 169 Å². The zero-order valence-corrected chi connectivity index (χ0v) is 17.4. The van der Waals surface area contributed by atoms with Gasteiger partial charge in [0.2, 0.25) is 0 Å². The van der Waals surface area contributed by atoms with Gasteiger partial charge in [-0.1, -0.05) is 20.8 Å². The minimum absolute atomic E-state index is 0.0776. The van der Waals surface area contributed by atoms with Crippen molar-refractivity contribution in [2.24, 2.45) is 0 Å². The van der Waals surface area contributed by atoms with Crippen molar-refractivity contribution in [2.45, 2.75) is 70.6 Å². The van der Waals surface area contributed by atoms with Gasteiger partial charge in [-0.15, -0.1) is 0 Å². The number of halogens is 3. The summed E-state index contributed by atoms with van der Waals surface area (Å²) in [5.41, 5.74) is 0.732. The Kier molecular flexibility index (Phi) is 5.59. The highest BCUT2D eigenvalue weighted by molar-refractivity contribution is 5.44. The fourth-order valence-corrected chi connectivity index (χ4v) is 4.78. The molecule has 2 aromatic heterocycles. The van der Waals surface area contributed by atoms with Crippen molar-refractivity contribution in [2.75, 3.05) is 26.2 Å². The van der Waals surface area contributed by atoms with Gasteiger partial charge in [-0.25, -0.2) is 9.50 Å². The number of fused-ring (bicyclic) bond motifs is 1. The van der Waals surface area contributed by atoms with Crippen molar-refractivity contribution in [3.63, 3.8) is 0 Å². The van der Waals surface area contributed by atoms with E-state index >= 15 is 0 Å². The van der Waals surface area contributed by atoms with Crippen LogP contribution >= 0.6 is 0 Å². The zero-order chi connectivity index (χ0) is 20.8. The fourth-order valence-electron chi connectivity index (χ4n) is 4.78. The summed E-state index contributed by atoms with van der Waals surface area (Å²) in [6.45, 7) is 10.2. The lowest BCUT2D eigenvalue weighted by Crippen LogP contribution is -2.44. The van der Waals surface area contributed by atoms with E-state index in [-0.39, 0.29) is 12.0 Å². The van der Waals surface area contributed by atoms with Crippen LogP contribution in [0.5, 0.6) is 0 Å².